The van der Waals surface area contributed by atoms with Crippen molar-refractivity contribution in [3.8, 4) is 27.8 Å². The first-order valence-electron chi connectivity index (χ1n) is 8.99. The number of nitrogens with zero attached hydrogens (tertiary/aromatic N) is 1. The lowest BCUT2D eigenvalue weighted by Gasteiger charge is -2.10. The molecule has 0 bridgehead atoms. The maximum Gasteiger partial charge on any atom is 0.230 e. The minimum absolute atomic E-state index is 0.128. The van der Waals surface area contributed by atoms with E-state index in [1.165, 1.54) is 11.3 Å². The fraction of sp³-hybridized carbons (Fsp3) is 0.238. The van der Waals surface area contributed by atoms with Crippen molar-refractivity contribution in [3.63, 3.8) is 0 Å². The van der Waals surface area contributed by atoms with Crippen LogP contribution in [0.1, 0.15) is 12.1 Å². The summed E-state index contributed by atoms with van der Waals surface area (Å²) >= 11 is 1.51. The summed E-state index contributed by atoms with van der Waals surface area (Å²) < 4.78 is 16.5. The predicted molar refractivity (Wildman–Crippen MR) is 108 cm³/mol. The number of carbonyl (C=O) groups excluding carboxylic acids is 1. The van der Waals surface area contributed by atoms with E-state index in [4.69, 9.17) is 14.2 Å². The first-order chi connectivity index (χ1) is 13.7. The van der Waals surface area contributed by atoms with E-state index in [2.05, 4.69) is 10.3 Å². The Morgan fingerprint density at radius 1 is 1.18 bits per heavy atom. The van der Waals surface area contributed by atoms with Crippen molar-refractivity contribution in [1.82, 2.24) is 4.98 Å². The maximum absolute atomic E-state index is 12.4. The zero-order chi connectivity index (χ0) is 19.3. The number of benzene rings is 2. The van der Waals surface area contributed by atoms with Gasteiger partial charge < -0.3 is 19.5 Å². The minimum Gasteiger partial charge on any atom is -0.497 e. The van der Waals surface area contributed by atoms with Gasteiger partial charge in [0, 0.05) is 29.1 Å². The number of hydrogen-bond donors (Lipinski definition) is 1. The summed E-state index contributed by atoms with van der Waals surface area (Å²) in [6.07, 6.45) is 1.05. The van der Waals surface area contributed by atoms with E-state index in [0.29, 0.717) is 30.4 Å². The summed E-state index contributed by atoms with van der Waals surface area (Å²) in [5.41, 5.74) is 2.38. The van der Waals surface area contributed by atoms with E-state index in [1.807, 2.05) is 41.8 Å². The fourth-order valence-corrected chi connectivity index (χ4v) is 3.70. The number of fused-ring (bicyclic) bond motifs is 1. The molecule has 0 spiro atoms. The molecule has 1 aromatic heterocycles. The molecule has 0 radical (unpaired) electrons. The quantitative estimate of drug-likeness (QED) is 0.701. The Morgan fingerprint density at radius 2 is 2.04 bits per heavy atom. The molecular weight excluding hydrogens is 376 g/mol. The van der Waals surface area contributed by atoms with Crippen molar-refractivity contribution in [2.75, 3.05) is 25.6 Å². The molecule has 3 aromatic rings. The summed E-state index contributed by atoms with van der Waals surface area (Å²) in [6.45, 7) is 1.24. The molecule has 1 N–H and O–H groups in total. The molecule has 1 aliphatic heterocycles. The van der Waals surface area contributed by atoms with Crippen molar-refractivity contribution < 1.29 is 19.0 Å². The van der Waals surface area contributed by atoms with Gasteiger partial charge in [0.15, 0.2) is 11.5 Å². The number of carbonyl (C=O) groups is 1. The number of nitrogens with one attached hydrogen (secondary N) is 1. The van der Waals surface area contributed by atoms with Crippen LogP contribution in [0.3, 0.4) is 0 Å². The smallest absolute Gasteiger partial charge is 0.230 e. The third kappa shape index (κ3) is 4.26. The summed E-state index contributed by atoms with van der Waals surface area (Å²) in [6, 6.07) is 13.1. The van der Waals surface area contributed by atoms with Crippen LogP contribution in [-0.2, 0) is 11.2 Å². The Labute approximate surface area is 167 Å². The molecule has 0 saturated heterocycles. The summed E-state index contributed by atoms with van der Waals surface area (Å²) in [7, 11) is 1.64. The Kier molecular flexibility index (Phi) is 5.43. The van der Waals surface area contributed by atoms with Gasteiger partial charge in [-0.25, -0.2) is 4.98 Å². The van der Waals surface area contributed by atoms with Gasteiger partial charge in [0.2, 0.25) is 5.91 Å². The molecular formula is C21H20N2O4S. The molecule has 4 rings (SSSR count). The number of amides is 1. The van der Waals surface area contributed by atoms with Crippen molar-refractivity contribution in [2.24, 2.45) is 0 Å². The molecule has 2 aromatic carbocycles. The summed E-state index contributed by atoms with van der Waals surface area (Å²) in [5.74, 6) is 2.01. The largest absolute Gasteiger partial charge is 0.497 e. The van der Waals surface area contributed by atoms with Crippen LogP contribution in [0.15, 0.2) is 47.8 Å². The first-order valence-corrected chi connectivity index (χ1v) is 9.87. The van der Waals surface area contributed by atoms with Gasteiger partial charge in [-0.1, -0.05) is 12.1 Å². The SMILES string of the molecule is COc1cccc(-c2nc(CC(=O)Nc3ccc4c(c3)OCCCO4)cs2)c1. The van der Waals surface area contributed by atoms with Crippen molar-refractivity contribution >= 4 is 22.9 Å². The number of thiazole rings is 1. The minimum atomic E-state index is -0.128. The van der Waals surface area contributed by atoms with Crippen LogP contribution in [0.5, 0.6) is 17.2 Å². The topological polar surface area (TPSA) is 69.7 Å². The highest BCUT2D eigenvalue weighted by Crippen LogP contribution is 2.32. The third-order valence-electron chi connectivity index (χ3n) is 4.24. The van der Waals surface area contributed by atoms with Gasteiger partial charge in [-0.15, -0.1) is 11.3 Å². The highest BCUT2D eigenvalue weighted by molar-refractivity contribution is 7.13. The van der Waals surface area contributed by atoms with Gasteiger partial charge in [-0.3, -0.25) is 4.79 Å². The molecule has 1 amide bonds. The predicted octanol–water partition coefficient (Wildman–Crippen LogP) is 4.16. The monoisotopic (exact) mass is 396 g/mol. The number of ether oxygens (including phenoxy) is 3. The molecule has 0 fully saturated rings. The van der Waals surface area contributed by atoms with Crippen LogP contribution in [0.25, 0.3) is 10.6 Å². The second kappa shape index (κ2) is 8.31. The molecule has 28 heavy (non-hydrogen) atoms. The zero-order valence-corrected chi connectivity index (χ0v) is 16.3. The van der Waals surface area contributed by atoms with E-state index in [0.717, 1.165) is 28.4 Å². The molecule has 7 heteroatoms. The lowest BCUT2D eigenvalue weighted by atomic mass is 10.2. The van der Waals surface area contributed by atoms with Crippen molar-refractivity contribution in [3.05, 3.63) is 53.5 Å². The number of hydrogen-bond acceptors (Lipinski definition) is 6. The van der Waals surface area contributed by atoms with Crippen LogP contribution in [0.4, 0.5) is 5.69 Å². The average Bonchev–Trinajstić information content (AvgIpc) is 3.04. The van der Waals surface area contributed by atoms with Crippen LogP contribution < -0.4 is 19.5 Å². The Balaban J connectivity index is 1.42. The average molecular weight is 396 g/mol. The number of aromatic nitrogens is 1. The maximum atomic E-state index is 12.4. The van der Waals surface area contributed by atoms with Gasteiger partial charge in [0.25, 0.3) is 0 Å². The first kappa shape index (κ1) is 18.3. The van der Waals surface area contributed by atoms with Crippen LogP contribution >= 0.6 is 11.3 Å². The van der Waals surface area contributed by atoms with Gasteiger partial charge in [-0.05, 0) is 24.3 Å². The third-order valence-corrected chi connectivity index (χ3v) is 5.18. The van der Waals surface area contributed by atoms with E-state index >= 15 is 0 Å². The molecule has 2 heterocycles. The van der Waals surface area contributed by atoms with Gasteiger partial charge in [-0.2, -0.15) is 0 Å². The van der Waals surface area contributed by atoms with Crippen LogP contribution in [0.2, 0.25) is 0 Å². The highest BCUT2D eigenvalue weighted by Gasteiger charge is 2.13. The number of anilines is 1. The highest BCUT2D eigenvalue weighted by atomic mass is 32.1. The fourth-order valence-electron chi connectivity index (χ4n) is 2.89. The zero-order valence-electron chi connectivity index (χ0n) is 15.4. The number of methoxy groups -OCH3 is 1. The number of rotatable bonds is 5. The van der Waals surface area contributed by atoms with E-state index in [-0.39, 0.29) is 12.3 Å². The molecule has 144 valence electrons. The second-order valence-corrected chi connectivity index (χ2v) is 7.17. The van der Waals surface area contributed by atoms with Gasteiger partial charge >= 0.3 is 0 Å². The Hall–Kier alpha value is -3.06. The Bertz CT molecular complexity index is 986. The van der Waals surface area contributed by atoms with E-state index < -0.39 is 0 Å². The van der Waals surface area contributed by atoms with Gasteiger partial charge in [0.05, 0.1) is 32.4 Å². The second-order valence-electron chi connectivity index (χ2n) is 6.31. The molecule has 6 nitrogen and oxygen atoms in total. The summed E-state index contributed by atoms with van der Waals surface area (Å²) in [5, 5.41) is 5.66. The van der Waals surface area contributed by atoms with Crippen molar-refractivity contribution in [2.45, 2.75) is 12.8 Å². The van der Waals surface area contributed by atoms with Crippen molar-refractivity contribution in [1.29, 1.82) is 0 Å². The summed E-state index contributed by atoms with van der Waals surface area (Å²) in [4.78, 5) is 17.0. The lowest BCUT2D eigenvalue weighted by Crippen LogP contribution is -2.14. The molecule has 1 aliphatic rings. The van der Waals surface area contributed by atoms with Crippen LogP contribution in [0, 0.1) is 0 Å². The molecule has 0 saturated carbocycles. The van der Waals surface area contributed by atoms with E-state index in [9.17, 15) is 4.79 Å². The molecule has 0 aliphatic carbocycles. The van der Waals surface area contributed by atoms with E-state index in [1.54, 1.807) is 13.2 Å². The normalized spacial score (nSPS) is 12.9. The lowest BCUT2D eigenvalue weighted by molar-refractivity contribution is -0.115. The molecule has 0 atom stereocenters. The standard InChI is InChI=1S/C21H20N2O4S/c1-25-17-5-2-4-14(10-17)21-23-16(13-28-21)12-20(24)22-15-6-7-18-19(11-15)27-9-3-8-26-18/h2,4-7,10-11,13H,3,8-9,12H2,1H3,(H,22,24). The van der Waals surface area contributed by atoms with Crippen LogP contribution in [-0.4, -0.2) is 31.2 Å². The van der Waals surface area contributed by atoms with Gasteiger partial charge in [0.1, 0.15) is 10.8 Å². The molecule has 0 unspecified atom stereocenters. The Morgan fingerprint density at radius 3 is 2.89 bits per heavy atom.